The number of hydrogen-bond acceptors (Lipinski definition) is 2. The highest BCUT2D eigenvalue weighted by molar-refractivity contribution is 9.10. The van der Waals surface area contributed by atoms with Gasteiger partial charge < -0.3 is 4.98 Å². The zero-order valence-electron chi connectivity index (χ0n) is 10.8. The van der Waals surface area contributed by atoms with Crippen molar-refractivity contribution >= 4 is 38.6 Å². The van der Waals surface area contributed by atoms with Crippen molar-refractivity contribution in [2.75, 3.05) is 0 Å². The monoisotopic (exact) mass is 341 g/mol. The van der Waals surface area contributed by atoms with E-state index in [4.69, 9.17) is 0 Å². The van der Waals surface area contributed by atoms with Crippen molar-refractivity contribution in [3.63, 3.8) is 0 Å². The van der Waals surface area contributed by atoms with Gasteiger partial charge in [-0.1, -0.05) is 28.1 Å². The van der Waals surface area contributed by atoms with E-state index in [1.165, 1.54) is 12.1 Å². The molecule has 0 saturated carbocycles. The van der Waals surface area contributed by atoms with Crippen LogP contribution in [0.4, 0.5) is 4.39 Å². The first-order valence-electron chi connectivity index (χ1n) is 6.19. The Labute approximate surface area is 128 Å². The van der Waals surface area contributed by atoms with Crippen molar-refractivity contribution < 1.29 is 4.39 Å². The molecule has 1 N–H and O–H groups in total. The Bertz CT molecular complexity index is 890. The molecule has 0 spiro atoms. The number of H-pyrrole nitrogens is 1. The van der Waals surface area contributed by atoms with Gasteiger partial charge in [-0.25, -0.2) is 9.37 Å². The molecule has 2 aromatic carbocycles. The summed E-state index contributed by atoms with van der Waals surface area (Å²) in [6.45, 7) is 0. The van der Waals surface area contributed by atoms with Crippen LogP contribution in [-0.2, 0) is 0 Å². The van der Waals surface area contributed by atoms with E-state index in [1.807, 2.05) is 24.3 Å². The van der Waals surface area contributed by atoms with Crippen molar-refractivity contribution in [2.45, 2.75) is 0 Å². The van der Waals surface area contributed by atoms with E-state index in [0.29, 0.717) is 22.4 Å². The van der Waals surface area contributed by atoms with Gasteiger partial charge in [0, 0.05) is 4.47 Å². The van der Waals surface area contributed by atoms with E-state index in [1.54, 1.807) is 12.1 Å². The molecule has 1 heterocycles. The summed E-state index contributed by atoms with van der Waals surface area (Å²) in [4.78, 5) is 7.29. The van der Waals surface area contributed by atoms with Crippen molar-refractivity contribution in [1.29, 1.82) is 5.26 Å². The van der Waals surface area contributed by atoms with E-state index < -0.39 is 0 Å². The van der Waals surface area contributed by atoms with Crippen LogP contribution in [0.1, 0.15) is 11.4 Å². The Balaban J connectivity index is 2.08. The first-order chi connectivity index (χ1) is 10.2. The average Bonchev–Trinajstić information content (AvgIpc) is 2.87. The molecule has 0 aliphatic carbocycles. The zero-order chi connectivity index (χ0) is 14.8. The number of rotatable bonds is 2. The quantitative estimate of drug-likeness (QED) is 0.696. The molecule has 102 valence electrons. The number of halogens is 2. The Hall–Kier alpha value is -2.45. The van der Waals surface area contributed by atoms with Crippen LogP contribution in [0.25, 0.3) is 22.7 Å². The summed E-state index contributed by atoms with van der Waals surface area (Å²) in [5.74, 6) is 0.0882. The van der Waals surface area contributed by atoms with Crippen molar-refractivity contribution in [3.05, 3.63) is 64.1 Å². The molecule has 0 bridgehead atoms. The third kappa shape index (κ3) is 2.86. The number of hydrogen-bond donors (Lipinski definition) is 1. The summed E-state index contributed by atoms with van der Waals surface area (Å²) in [7, 11) is 0. The second kappa shape index (κ2) is 5.51. The van der Waals surface area contributed by atoms with Gasteiger partial charge in [-0.15, -0.1) is 0 Å². The molecule has 0 aliphatic rings. The molecule has 0 unspecified atom stereocenters. The van der Waals surface area contributed by atoms with E-state index in [0.717, 1.165) is 10.0 Å². The number of allylic oxidation sites excluding steroid dienone is 1. The van der Waals surface area contributed by atoms with Crippen LogP contribution in [0.3, 0.4) is 0 Å². The maximum atomic E-state index is 13.2. The van der Waals surface area contributed by atoms with Gasteiger partial charge in [0.1, 0.15) is 17.7 Å². The lowest BCUT2D eigenvalue weighted by molar-refractivity contribution is 0.629. The molecule has 0 amide bonds. The van der Waals surface area contributed by atoms with E-state index in [2.05, 4.69) is 32.0 Å². The molecule has 0 fully saturated rings. The van der Waals surface area contributed by atoms with E-state index >= 15 is 0 Å². The predicted molar refractivity (Wildman–Crippen MR) is 83.7 cm³/mol. The molecule has 0 saturated heterocycles. The number of aromatic nitrogens is 2. The smallest absolute Gasteiger partial charge is 0.149 e. The molecular formula is C16H9BrFN3. The molecule has 0 atom stereocenters. The molecule has 3 aromatic rings. The van der Waals surface area contributed by atoms with Crippen LogP contribution < -0.4 is 0 Å². The van der Waals surface area contributed by atoms with Gasteiger partial charge in [-0.2, -0.15) is 5.26 Å². The number of nitriles is 1. The fourth-order valence-corrected chi connectivity index (χ4v) is 2.44. The second-order valence-corrected chi connectivity index (χ2v) is 5.39. The molecule has 0 aliphatic heterocycles. The normalized spacial score (nSPS) is 11.6. The van der Waals surface area contributed by atoms with Crippen LogP contribution in [0.2, 0.25) is 0 Å². The summed E-state index contributed by atoms with van der Waals surface area (Å²) in [5.41, 5.74) is 2.47. The summed E-state index contributed by atoms with van der Waals surface area (Å²) in [5, 5.41) is 9.33. The highest BCUT2D eigenvalue weighted by Gasteiger charge is 2.08. The number of aromatic amines is 1. The topological polar surface area (TPSA) is 52.5 Å². The Kier molecular flexibility index (Phi) is 3.55. The predicted octanol–water partition coefficient (Wildman–Crippen LogP) is 4.53. The van der Waals surface area contributed by atoms with Crippen LogP contribution in [0.5, 0.6) is 0 Å². The number of fused-ring (bicyclic) bond motifs is 1. The van der Waals surface area contributed by atoms with Crippen molar-refractivity contribution in [2.24, 2.45) is 0 Å². The molecular weight excluding hydrogens is 333 g/mol. The van der Waals surface area contributed by atoms with Gasteiger partial charge in [-0.3, -0.25) is 0 Å². The summed E-state index contributed by atoms with van der Waals surface area (Å²) < 4.78 is 14.1. The van der Waals surface area contributed by atoms with Crippen molar-refractivity contribution in [3.8, 4) is 6.07 Å². The Morgan fingerprint density at radius 1 is 1.29 bits per heavy atom. The summed E-state index contributed by atoms with van der Waals surface area (Å²) in [6.07, 6.45) is 1.73. The number of nitrogens with one attached hydrogen (secondary N) is 1. The summed E-state index contributed by atoms with van der Waals surface area (Å²) in [6, 6.07) is 14.0. The lowest BCUT2D eigenvalue weighted by Gasteiger charge is -1.96. The highest BCUT2D eigenvalue weighted by Crippen LogP contribution is 2.21. The molecule has 5 heteroatoms. The van der Waals surface area contributed by atoms with Gasteiger partial charge >= 0.3 is 0 Å². The minimum Gasteiger partial charge on any atom is -0.337 e. The first kappa shape index (κ1) is 13.5. The third-order valence-corrected chi connectivity index (χ3v) is 3.47. The molecule has 0 radical (unpaired) electrons. The SMILES string of the molecule is N#C/C(=C/c1cccc(Br)c1)c1nc2ccc(F)cc2[nH]1. The molecule has 21 heavy (non-hydrogen) atoms. The van der Waals surface area contributed by atoms with Gasteiger partial charge in [0.05, 0.1) is 16.6 Å². The molecule has 3 nitrogen and oxygen atoms in total. The highest BCUT2D eigenvalue weighted by atomic mass is 79.9. The van der Waals surface area contributed by atoms with Gasteiger partial charge in [0.25, 0.3) is 0 Å². The number of benzene rings is 2. The fraction of sp³-hybridized carbons (Fsp3) is 0. The number of imidazole rings is 1. The fourth-order valence-electron chi connectivity index (χ4n) is 2.03. The van der Waals surface area contributed by atoms with Crippen molar-refractivity contribution in [1.82, 2.24) is 9.97 Å². The van der Waals surface area contributed by atoms with E-state index in [9.17, 15) is 9.65 Å². The maximum Gasteiger partial charge on any atom is 0.149 e. The van der Waals surface area contributed by atoms with Gasteiger partial charge in [0.2, 0.25) is 0 Å². The van der Waals surface area contributed by atoms with Gasteiger partial charge in [0.15, 0.2) is 0 Å². The largest absolute Gasteiger partial charge is 0.337 e. The van der Waals surface area contributed by atoms with Gasteiger partial charge in [-0.05, 0) is 42.0 Å². The Morgan fingerprint density at radius 2 is 2.14 bits per heavy atom. The third-order valence-electron chi connectivity index (χ3n) is 2.98. The molecule has 3 rings (SSSR count). The van der Waals surface area contributed by atoms with Crippen LogP contribution >= 0.6 is 15.9 Å². The average molecular weight is 342 g/mol. The second-order valence-electron chi connectivity index (χ2n) is 4.47. The lowest BCUT2D eigenvalue weighted by Crippen LogP contribution is -1.85. The van der Waals surface area contributed by atoms with Crippen LogP contribution in [0.15, 0.2) is 46.9 Å². The molecule has 1 aromatic heterocycles. The minimum atomic E-state index is -0.341. The van der Waals surface area contributed by atoms with Crippen LogP contribution in [0, 0.1) is 17.1 Å². The lowest BCUT2D eigenvalue weighted by atomic mass is 10.1. The number of nitrogens with zero attached hydrogens (tertiary/aromatic N) is 2. The van der Waals surface area contributed by atoms with E-state index in [-0.39, 0.29) is 5.82 Å². The Morgan fingerprint density at radius 3 is 2.90 bits per heavy atom. The van der Waals surface area contributed by atoms with Crippen LogP contribution in [-0.4, -0.2) is 9.97 Å². The summed E-state index contributed by atoms with van der Waals surface area (Å²) >= 11 is 3.39. The standard InChI is InChI=1S/C16H9BrFN3/c17-12-3-1-2-10(7-12)6-11(9-19)16-20-14-5-4-13(18)8-15(14)21-16/h1-8H,(H,20,21)/b11-6-. The maximum absolute atomic E-state index is 13.2. The minimum absolute atomic E-state index is 0.341. The first-order valence-corrected chi connectivity index (χ1v) is 6.98. The zero-order valence-corrected chi connectivity index (χ0v) is 12.4.